The molecule has 1 atom stereocenters. The maximum Gasteiger partial charge on any atom is 0.193 e. The normalized spacial score (nSPS) is 28.8. The molecule has 0 unspecified atom stereocenters. The van der Waals surface area contributed by atoms with Crippen molar-refractivity contribution in [3.8, 4) is 0 Å². The standard InChI is InChI=1S/C20H35N3O2/c1-21-20(22-13-19(15-4-5-15)16-6-7-16)23-10-8-17(9-11-23)25-14-18-3-2-12-24-18/h15-19H,2-14H2,1H3,(H,21,22)/t18-/m0/s1. The quantitative estimate of drug-likeness (QED) is 0.567. The predicted molar refractivity (Wildman–Crippen MR) is 99.8 cm³/mol. The molecule has 2 saturated carbocycles. The van der Waals surface area contributed by atoms with Crippen LogP contribution in [0.3, 0.4) is 0 Å². The van der Waals surface area contributed by atoms with Crippen molar-refractivity contribution in [3.05, 3.63) is 0 Å². The number of nitrogens with one attached hydrogen (secondary N) is 1. The highest BCUT2D eigenvalue weighted by molar-refractivity contribution is 5.80. The zero-order valence-corrected chi connectivity index (χ0v) is 15.8. The van der Waals surface area contributed by atoms with Crippen LogP contribution in [0.15, 0.2) is 4.99 Å². The molecule has 25 heavy (non-hydrogen) atoms. The zero-order chi connectivity index (χ0) is 17.1. The van der Waals surface area contributed by atoms with Gasteiger partial charge in [0.15, 0.2) is 5.96 Å². The Morgan fingerprint density at radius 3 is 2.40 bits per heavy atom. The Morgan fingerprint density at radius 2 is 1.84 bits per heavy atom. The molecule has 2 aliphatic carbocycles. The number of hydrogen-bond acceptors (Lipinski definition) is 3. The molecule has 0 aromatic carbocycles. The van der Waals surface area contributed by atoms with Crippen molar-refractivity contribution in [2.75, 3.05) is 39.9 Å². The number of rotatable bonds is 7. The molecule has 0 bridgehead atoms. The van der Waals surface area contributed by atoms with Crippen molar-refractivity contribution < 1.29 is 9.47 Å². The first kappa shape index (κ1) is 17.6. The van der Waals surface area contributed by atoms with E-state index in [0.717, 1.165) is 69.4 Å². The Morgan fingerprint density at radius 1 is 1.12 bits per heavy atom. The Balaban J connectivity index is 1.17. The van der Waals surface area contributed by atoms with Gasteiger partial charge in [-0.3, -0.25) is 4.99 Å². The summed E-state index contributed by atoms with van der Waals surface area (Å²) in [4.78, 5) is 6.97. The van der Waals surface area contributed by atoms with E-state index in [1.807, 2.05) is 7.05 Å². The Kier molecular flexibility index (Phi) is 5.81. The molecular weight excluding hydrogens is 314 g/mol. The maximum absolute atomic E-state index is 6.09. The fraction of sp³-hybridized carbons (Fsp3) is 0.950. The van der Waals surface area contributed by atoms with Crippen LogP contribution >= 0.6 is 0 Å². The molecule has 5 heteroatoms. The lowest BCUT2D eigenvalue weighted by Gasteiger charge is -2.35. The van der Waals surface area contributed by atoms with E-state index in [4.69, 9.17) is 9.47 Å². The Bertz CT molecular complexity index is 436. The van der Waals surface area contributed by atoms with Crippen LogP contribution in [0.5, 0.6) is 0 Å². The highest BCUT2D eigenvalue weighted by Gasteiger charge is 2.41. The minimum Gasteiger partial charge on any atom is -0.376 e. The number of guanidine groups is 1. The molecular formula is C20H35N3O2. The van der Waals surface area contributed by atoms with Gasteiger partial charge in [0.1, 0.15) is 0 Å². The third-order valence-corrected chi connectivity index (χ3v) is 6.45. The van der Waals surface area contributed by atoms with Gasteiger partial charge in [-0.05, 0) is 69.1 Å². The van der Waals surface area contributed by atoms with Crippen LogP contribution in [0.1, 0.15) is 51.4 Å². The molecule has 0 radical (unpaired) electrons. The van der Waals surface area contributed by atoms with E-state index in [2.05, 4.69) is 15.2 Å². The van der Waals surface area contributed by atoms with Crippen molar-refractivity contribution in [2.24, 2.45) is 22.7 Å². The molecule has 4 aliphatic rings. The monoisotopic (exact) mass is 349 g/mol. The summed E-state index contributed by atoms with van der Waals surface area (Å²) in [7, 11) is 1.92. The summed E-state index contributed by atoms with van der Waals surface area (Å²) in [5.74, 6) is 3.98. The fourth-order valence-electron chi connectivity index (χ4n) is 4.56. The van der Waals surface area contributed by atoms with Gasteiger partial charge in [-0.2, -0.15) is 0 Å². The van der Waals surface area contributed by atoms with Crippen molar-refractivity contribution in [2.45, 2.75) is 63.6 Å². The van der Waals surface area contributed by atoms with Gasteiger partial charge < -0.3 is 19.7 Å². The molecule has 0 spiro atoms. The SMILES string of the molecule is CN=C(NCC(C1CC1)C1CC1)N1CCC(OC[C@@H]2CCCO2)CC1. The van der Waals surface area contributed by atoms with Crippen LogP contribution in [0.4, 0.5) is 0 Å². The minimum atomic E-state index is 0.342. The molecule has 2 aliphatic heterocycles. The number of aliphatic imine (C=N–C) groups is 1. The summed E-state index contributed by atoms with van der Waals surface area (Å²) in [6, 6.07) is 0. The highest BCUT2D eigenvalue weighted by atomic mass is 16.5. The van der Waals surface area contributed by atoms with E-state index in [1.165, 1.54) is 38.5 Å². The van der Waals surface area contributed by atoms with Crippen molar-refractivity contribution in [1.82, 2.24) is 10.2 Å². The van der Waals surface area contributed by atoms with Crippen LogP contribution in [0.2, 0.25) is 0 Å². The number of piperidine rings is 1. The summed E-state index contributed by atoms with van der Waals surface area (Å²) in [6.45, 7) is 4.91. The van der Waals surface area contributed by atoms with E-state index in [0.29, 0.717) is 12.2 Å². The van der Waals surface area contributed by atoms with Crippen LogP contribution < -0.4 is 5.32 Å². The van der Waals surface area contributed by atoms with E-state index >= 15 is 0 Å². The maximum atomic E-state index is 6.09. The number of hydrogen-bond donors (Lipinski definition) is 1. The van der Waals surface area contributed by atoms with Crippen molar-refractivity contribution >= 4 is 5.96 Å². The second kappa shape index (κ2) is 8.26. The van der Waals surface area contributed by atoms with Gasteiger partial charge in [-0.25, -0.2) is 0 Å². The summed E-state index contributed by atoms with van der Waals surface area (Å²) in [5.41, 5.74) is 0. The van der Waals surface area contributed by atoms with Gasteiger partial charge in [-0.15, -0.1) is 0 Å². The second-order valence-corrected chi connectivity index (χ2v) is 8.42. The van der Waals surface area contributed by atoms with E-state index in [1.54, 1.807) is 0 Å². The van der Waals surface area contributed by atoms with Gasteiger partial charge >= 0.3 is 0 Å². The molecule has 4 fully saturated rings. The lowest BCUT2D eigenvalue weighted by atomic mass is 9.98. The van der Waals surface area contributed by atoms with Crippen LogP contribution in [-0.2, 0) is 9.47 Å². The second-order valence-electron chi connectivity index (χ2n) is 8.42. The Hall–Kier alpha value is -0.810. The molecule has 2 heterocycles. The fourth-order valence-corrected chi connectivity index (χ4v) is 4.56. The first-order chi connectivity index (χ1) is 12.3. The largest absolute Gasteiger partial charge is 0.376 e. The van der Waals surface area contributed by atoms with E-state index in [-0.39, 0.29) is 0 Å². The molecule has 1 N–H and O–H groups in total. The molecule has 2 saturated heterocycles. The molecule has 4 rings (SSSR count). The zero-order valence-electron chi connectivity index (χ0n) is 15.8. The lowest BCUT2D eigenvalue weighted by Crippen LogP contribution is -2.48. The van der Waals surface area contributed by atoms with Gasteiger partial charge in [0.2, 0.25) is 0 Å². The Labute approximate surface area is 152 Å². The molecule has 0 amide bonds. The average Bonchev–Trinajstić information content (AvgIpc) is 3.58. The van der Waals surface area contributed by atoms with Gasteiger partial charge in [0.25, 0.3) is 0 Å². The smallest absolute Gasteiger partial charge is 0.193 e. The highest BCUT2D eigenvalue weighted by Crippen LogP contribution is 2.48. The lowest BCUT2D eigenvalue weighted by molar-refractivity contribution is -0.0367. The number of likely N-dealkylation sites (tertiary alicyclic amines) is 1. The van der Waals surface area contributed by atoms with Crippen LogP contribution in [0, 0.1) is 17.8 Å². The van der Waals surface area contributed by atoms with Crippen LogP contribution in [0.25, 0.3) is 0 Å². The van der Waals surface area contributed by atoms with Gasteiger partial charge in [0, 0.05) is 33.3 Å². The summed E-state index contributed by atoms with van der Waals surface area (Å²) in [5, 5.41) is 3.69. The molecule has 142 valence electrons. The summed E-state index contributed by atoms with van der Waals surface area (Å²) < 4.78 is 11.8. The number of ether oxygens (including phenoxy) is 2. The predicted octanol–water partition coefficient (Wildman–Crippen LogP) is 2.66. The molecule has 0 aromatic heterocycles. The van der Waals surface area contributed by atoms with Gasteiger partial charge in [-0.1, -0.05) is 0 Å². The van der Waals surface area contributed by atoms with E-state index in [9.17, 15) is 0 Å². The minimum absolute atomic E-state index is 0.342. The summed E-state index contributed by atoms with van der Waals surface area (Å²) >= 11 is 0. The van der Waals surface area contributed by atoms with Crippen molar-refractivity contribution in [1.29, 1.82) is 0 Å². The number of nitrogens with zero attached hydrogens (tertiary/aromatic N) is 2. The third-order valence-electron chi connectivity index (χ3n) is 6.45. The molecule has 0 aromatic rings. The first-order valence-electron chi connectivity index (χ1n) is 10.5. The first-order valence-corrected chi connectivity index (χ1v) is 10.5. The molecule has 5 nitrogen and oxygen atoms in total. The van der Waals surface area contributed by atoms with Crippen molar-refractivity contribution in [3.63, 3.8) is 0 Å². The van der Waals surface area contributed by atoms with E-state index < -0.39 is 0 Å². The topological polar surface area (TPSA) is 46.1 Å². The van der Waals surface area contributed by atoms with Crippen LogP contribution in [-0.4, -0.2) is 63.0 Å². The van der Waals surface area contributed by atoms with Gasteiger partial charge in [0.05, 0.1) is 18.8 Å². The third kappa shape index (κ3) is 4.88. The summed E-state index contributed by atoms with van der Waals surface area (Å²) in [6.07, 6.45) is 11.1. The average molecular weight is 350 g/mol.